The van der Waals surface area contributed by atoms with Gasteiger partial charge in [-0.3, -0.25) is 4.98 Å². The number of rotatable bonds is 1. The Hall–Kier alpha value is 0.110. The largest absolute Gasteiger partial charge is 0.264 e. The third-order valence-electron chi connectivity index (χ3n) is 1.42. The minimum absolute atomic E-state index is 0. The lowest BCUT2D eigenvalue weighted by Crippen LogP contribution is -1.88. The van der Waals surface area contributed by atoms with Crippen molar-refractivity contribution in [3.8, 4) is 0 Å². The average Bonchev–Trinajstić information content (AvgIpc) is 1.88. The summed E-state index contributed by atoms with van der Waals surface area (Å²) in [6, 6.07) is 1.97. The van der Waals surface area contributed by atoms with Gasteiger partial charge in [-0.2, -0.15) is 0 Å². The molecule has 0 saturated heterocycles. The van der Waals surface area contributed by atoms with Crippen LogP contribution in [0.3, 0.4) is 0 Å². The molecular formula is C8H11Br2N. The van der Waals surface area contributed by atoms with E-state index in [2.05, 4.69) is 34.8 Å². The molecule has 1 rings (SSSR count). The van der Waals surface area contributed by atoms with Gasteiger partial charge in [0.15, 0.2) is 0 Å². The predicted octanol–water partition coefficient (Wildman–Crippen LogP) is 3.55. The van der Waals surface area contributed by atoms with E-state index in [-0.39, 0.29) is 17.0 Å². The highest BCUT2D eigenvalue weighted by Crippen LogP contribution is 2.22. The summed E-state index contributed by atoms with van der Waals surface area (Å²) in [6.07, 6.45) is 3.69. The Balaban J connectivity index is 0.000001000. The van der Waals surface area contributed by atoms with Gasteiger partial charge in [-0.1, -0.05) is 29.8 Å². The smallest absolute Gasteiger partial charge is 0.0313 e. The molecule has 11 heavy (non-hydrogen) atoms. The van der Waals surface area contributed by atoms with Gasteiger partial charge in [0.2, 0.25) is 0 Å². The molecule has 0 unspecified atom stereocenters. The van der Waals surface area contributed by atoms with Gasteiger partial charge in [0, 0.05) is 16.9 Å². The van der Waals surface area contributed by atoms with Crippen LogP contribution >= 0.6 is 32.9 Å². The number of hydrogen-bond donors (Lipinski definition) is 0. The zero-order chi connectivity index (χ0) is 7.56. The average molecular weight is 281 g/mol. The molecule has 0 fully saturated rings. The van der Waals surface area contributed by atoms with Crippen LogP contribution in [0.2, 0.25) is 0 Å². The molecule has 1 heterocycles. The summed E-state index contributed by atoms with van der Waals surface area (Å²) in [7, 11) is 0. The maximum atomic E-state index is 4.04. The summed E-state index contributed by atoms with van der Waals surface area (Å²) in [5, 5.41) is 0. The summed E-state index contributed by atoms with van der Waals surface area (Å²) < 4.78 is 1.15. The highest BCUT2D eigenvalue weighted by Gasteiger charge is 2.01. The molecule has 62 valence electrons. The van der Waals surface area contributed by atoms with E-state index in [4.69, 9.17) is 0 Å². The fourth-order valence-electron chi connectivity index (χ4n) is 0.815. The normalized spacial score (nSPS) is 9.45. The van der Waals surface area contributed by atoms with Crippen molar-refractivity contribution in [1.82, 2.24) is 4.98 Å². The second-order valence-corrected chi connectivity index (χ2v) is 3.41. The van der Waals surface area contributed by atoms with Crippen LogP contribution in [0.25, 0.3) is 0 Å². The van der Waals surface area contributed by atoms with Crippen LogP contribution in [0.5, 0.6) is 0 Å². The topological polar surface area (TPSA) is 12.9 Å². The third-order valence-corrected chi connectivity index (χ3v) is 2.14. The van der Waals surface area contributed by atoms with E-state index in [1.54, 1.807) is 6.20 Å². The van der Waals surface area contributed by atoms with Crippen molar-refractivity contribution >= 4 is 32.9 Å². The van der Waals surface area contributed by atoms with Gasteiger partial charge in [-0.25, -0.2) is 0 Å². The summed E-state index contributed by atoms with van der Waals surface area (Å²) in [5.74, 6) is 0.545. The molecule has 0 spiro atoms. The molecule has 1 nitrogen and oxygen atoms in total. The second kappa shape index (κ2) is 4.88. The maximum Gasteiger partial charge on any atom is 0.0313 e. The van der Waals surface area contributed by atoms with Gasteiger partial charge >= 0.3 is 0 Å². The maximum absolute atomic E-state index is 4.04. The fourth-order valence-corrected chi connectivity index (χ4v) is 1.49. The Morgan fingerprint density at radius 1 is 1.45 bits per heavy atom. The molecule has 0 radical (unpaired) electrons. The van der Waals surface area contributed by atoms with E-state index in [1.165, 1.54) is 5.56 Å². The Morgan fingerprint density at radius 2 is 2.09 bits per heavy atom. The molecule has 0 aromatic carbocycles. The number of aromatic nitrogens is 1. The number of hydrogen-bond acceptors (Lipinski definition) is 1. The molecule has 0 amide bonds. The molecule has 1 aromatic heterocycles. The lowest BCUT2D eigenvalue weighted by molar-refractivity contribution is 0.852. The van der Waals surface area contributed by atoms with Crippen molar-refractivity contribution in [2.45, 2.75) is 19.8 Å². The quantitative estimate of drug-likeness (QED) is 0.767. The van der Waals surface area contributed by atoms with E-state index in [0.29, 0.717) is 5.92 Å². The van der Waals surface area contributed by atoms with E-state index in [0.717, 1.165) is 4.47 Å². The van der Waals surface area contributed by atoms with Crippen molar-refractivity contribution in [3.05, 3.63) is 28.5 Å². The van der Waals surface area contributed by atoms with Crippen molar-refractivity contribution in [1.29, 1.82) is 0 Å². The van der Waals surface area contributed by atoms with E-state index < -0.39 is 0 Å². The van der Waals surface area contributed by atoms with Crippen LogP contribution in [0.1, 0.15) is 25.3 Å². The number of pyridine rings is 1. The first-order valence-corrected chi connectivity index (χ1v) is 4.10. The summed E-state index contributed by atoms with van der Waals surface area (Å²) >= 11 is 3.46. The zero-order valence-electron chi connectivity index (χ0n) is 6.54. The van der Waals surface area contributed by atoms with Gasteiger partial charge in [-0.15, -0.1) is 17.0 Å². The van der Waals surface area contributed by atoms with E-state index >= 15 is 0 Å². The SMILES string of the molecule is Br.CC(C)c1cnccc1Br. The Bertz CT molecular complexity index is 223. The molecule has 0 aliphatic rings. The summed E-state index contributed by atoms with van der Waals surface area (Å²) in [5.41, 5.74) is 1.27. The Kier molecular flexibility index (Phi) is 4.93. The van der Waals surface area contributed by atoms with Crippen molar-refractivity contribution in [3.63, 3.8) is 0 Å². The first-order chi connectivity index (χ1) is 4.72. The fraction of sp³-hybridized carbons (Fsp3) is 0.375. The van der Waals surface area contributed by atoms with Gasteiger partial charge in [0.25, 0.3) is 0 Å². The monoisotopic (exact) mass is 279 g/mol. The number of halogens is 2. The highest BCUT2D eigenvalue weighted by molar-refractivity contribution is 9.10. The molecule has 0 bridgehead atoms. The predicted molar refractivity (Wildman–Crippen MR) is 56.3 cm³/mol. The first-order valence-electron chi connectivity index (χ1n) is 3.31. The lowest BCUT2D eigenvalue weighted by atomic mass is 10.1. The molecule has 0 aliphatic heterocycles. The highest BCUT2D eigenvalue weighted by atomic mass is 79.9. The molecular weight excluding hydrogens is 270 g/mol. The van der Waals surface area contributed by atoms with Crippen LogP contribution < -0.4 is 0 Å². The van der Waals surface area contributed by atoms with Gasteiger partial charge in [-0.05, 0) is 17.5 Å². The molecule has 3 heteroatoms. The Morgan fingerprint density at radius 3 is 2.45 bits per heavy atom. The molecule has 0 saturated carbocycles. The van der Waals surface area contributed by atoms with E-state index in [9.17, 15) is 0 Å². The Labute approximate surface area is 86.1 Å². The van der Waals surface area contributed by atoms with Crippen LogP contribution in [-0.2, 0) is 0 Å². The van der Waals surface area contributed by atoms with Crippen LogP contribution in [0.4, 0.5) is 0 Å². The van der Waals surface area contributed by atoms with Crippen molar-refractivity contribution < 1.29 is 0 Å². The van der Waals surface area contributed by atoms with Crippen molar-refractivity contribution in [2.75, 3.05) is 0 Å². The zero-order valence-corrected chi connectivity index (χ0v) is 9.84. The number of nitrogens with zero attached hydrogens (tertiary/aromatic N) is 1. The first kappa shape index (κ1) is 11.1. The van der Waals surface area contributed by atoms with Crippen molar-refractivity contribution in [2.24, 2.45) is 0 Å². The molecule has 0 atom stereocenters. The van der Waals surface area contributed by atoms with Crippen LogP contribution in [0.15, 0.2) is 22.9 Å². The third kappa shape index (κ3) is 2.91. The lowest BCUT2D eigenvalue weighted by Gasteiger charge is -2.05. The molecule has 1 aromatic rings. The summed E-state index contributed by atoms with van der Waals surface area (Å²) in [4.78, 5) is 4.04. The van der Waals surface area contributed by atoms with Gasteiger partial charge in [0.1, 0.15) is 0 Å². The minimum Gasteiger partial charge on any atom is -0.264 e. The molecule has 0 aliphatic carbocycles. The molecule has 0 N–H and O–H groups in total. The van der Waals surface area contributed by atoms with Gasteiger partial charge < -0.3 is 0 Å². The van der Waals surface area contributed by atoms with E-state index in [1.807, 2.05) is 12.3 Å². The minimum atomic E-state index is 0. The standard InChI is InChI=1S/C8H10BrN.BrH/c1-6(2)7-5-10-4-3-8(7)9;/h3-6H,1-2H3;1H. The van der Waals surface area contributed by atoms with Crippen LogP contribution in [0, 0.1) is 0 Å². The van der Waals surface area contributed by atoms with Crippen LogP contribution in [-0.4, -0.2) is 4.98 Å². The summed E-state index contributed by atoms with van der Waals surface area (Å²) in [6.45, 7) is 4.31. The second-order valence-electron chi connectivity index (χ2n) is 2.55. The van der Waals surface area contributed by atoms with Gasteiger partial charge in [0.05, 0.1) is 0 Å².